The van der Waals surface area contributed by atoms with Crippen LogP contribution in [-0.4, -0.2) is 27.5 Å². The van der Waals surface area contributed by atoms with Crippen molar-refractivity contribution < 1.29 is 9.66 Å². The van der Waals surface area contributed by atoms with Crippen molar-refractivity contribution in [1.29, 1.82) is 0 Å². The summed E-state index contributed by atoms with van der Waals surface area (Å²) in [5, 5.41) is 15.0. The summed E-state index contributed by atoms with van der Waals surface area (Å²) in [4.78, 5) is 28.6. The summed E-state index contributed by atoms with van der Waals surface area (Å²) < 4.78 is 6.55. The van der Waals surface area contributed by atoms with Gasteiger partial charge in [0.15, 0.2) is 0 Å². The molecule has 0 unspecified atom stereocenters. The van der Waals surface area contributed by atoms with Gasteiger partial charge in [-0.1, -0.05) is 23.2 Å². The predicted molar refractivity (Wildman–Crippen MR) is 133 cm³/mol. The van der Waals surface area contributed by atoms with Crippen LogP contribution in [0.2, 0.25) is 10.0 Å². The smallest absolute Gasteiger partial charge is 0.280 e. The Morgan fingerprint density at radius 2 is 1.74 bits per heavy atom. The first-order valence-corrected chi connectivity index (χ1v) is 10.8. The number of H-pyrrole nitrogens is 1. The van der Waals surface area contributed by atoms with Gasteiger partial charge in [-0.25, -0.2) is 4.68 Å². The van der Waals surface area contributed by atoms with Crippen LogP contribution in [0.25, 0.3) is 16.9 Å². The van der Waals surface area contributed by atoms with Gasteiger partial charge in [0, 0.05) is 22.7 Å². The fraction of sp³-hybridized carbons (Fsp3) is 0.0833. The van der Waals surface area contributed by atoms with Crippen LogP contribution in [0.4, 0.5) is 11.4 Å². The van der Waals surface area contributed by atoms with Gasteiger partial charge in [0.05, 0.1) is 45.4 Å². The van der Waals surface area contributed by atoms with Gasteiger partial charge >= 0.3 is 0 Å². The van der Waals surface area contributed by atoms with Crippen LogP contribution < -0.4 is 10.3 Å². The lowest BCUT2D eigenvalue weighted by Crippen LogP contribution is -2.19. The van der Waals surface area contributed by atoms with Gasteiger partial charge in [-0.3, -0.25) is 25.0 Å². The molecule has 0 aliphatic heterocycles. The van der Waals surface area contributed by atoms with Crippen LogP contribution in [0.1, 0.15) is 12.5 Å². The number of benzene rings is 3. The van der Waals surface area contributed by atoms with E-state index in [9.17, 15) is 14.9 Å². The van der Waals surface area contributed by atoms with Gasteiger partial charge in [-0.15, -0.1) is 0 Å². The average Bonchev–Trinajstić information content (AvgIpc) is 3.18. The summed E-state index contributed by atoms with van der Waals surface area (Å²) in [7, 11) is 1.57. The van der Waals surface area contributed by atoms with E-state index in [-0.39, 0.29) is 11.2 Å². The molecule has 8 nitrogen and oxygen atoms in total. The maximum absolute atomic E-state index is 13.5. The monoisotopic (exact) mass is 496 g/mol. The van der Waals surface area contributed by atoms with Gasteiger partial charge in [0.2, 0.25) is 0 Å². The number of aromatic amines is 1. The molecule has 1 heterocycles. The van der Waals surface area contributed by atoms with Crippen molar-refractivity contribution in [1.82, 2.24) is 9.78 Å². The van der Waals surface area contributed by atoms with E-state index in [4.69, 9.17) is 27.9 Å². The largest absolute Gasteiger partial charge is 0.497 e. The number of aromatic nitrogens is 2. The molecule has 4 aromatic rings. The summed E-state index contributed by atoms with van der Waals surface area (Å²) in [6, 6.07) is 17.7. The zero-order valence-corrected chi connectivity index (χ0v) is 19.6. The molecule has 0 spiro atoms. The van der Waals surface area contributed by atoms with Crippen molar-refractivity contribution in [3.8, 4) is 22.7 Å². The first-order chi connectivity index (χ1) is 16.3. The highest BCUT2D eigenvalue weighted by Gasteiger charge is 2.20. The third-order valence-electron chi connectivity index (χ3n) is 5.15. The van der Waals surface area contributed by atoms with E-state index in [2.05, 4.69) is 10.1 Å². The van der Waals surface area contributed by atoms with Crippen molar-refractivity contribution in [2.45, 2.75) is 6.92 Å². The average molecular weight is 497 g/mol. The number of nitro benzene ring substituents is 1. The summed E-state index contributed by atoms with van der Waals surface area (Å²) in [5.41, 5.74) is 2.38. The Bertz CT molecular complexity index is 1460. The van der Waals surface area contributed by atoms with Crippen molar-refractivity contribution in [3.05, 3.63) is 103 Å². The normalized spacial score (nSPS) is 11.5. The lowest BCUT2D eigenvalue weighted by molar-refractivity contribution is -0.384. The number of halogens is 2. The SMILES string of the molecule is COc1ccc(-c2[nH]n(-c3ccc([N+](=O)[O-])cc3)c(=O)c2C(C)=Nc2cc(Cl)ccc2Cl)cc1. The minimum atomic E-state index is -0.499. The highest BCUT2D eigenvalue weighted by Crippen LogP contribution is 2.30. The summed E-state index contributed by atoms with van der Waals surface area (Å²) in [5.74, 6) is 0.665. The van der Waals surface area contributed by atoms with E-state index in [0.717, 1.165) is 5.56 Å². The molecule has 0 fully saturated rings. The molecular weight excluding hydrogens is 479 g/mol. The number of non-ortho nitro benzene ring substituents is 1. The van der Waals surface area contributed by atoms with Crippen LogP contribution in [0.15, 0.2) is 76.5 Å². The predicted octanol–water partition coefficient (Wildman–Crippen LogP) is 6.20. The Balaban J connectivity index is 1.91. The topological polar surface area (TPSA) is 103 Å². The van der Waals surface area contributed by atoms with Crippen molar-refractivity contribution in [3.63, 3.8) is 0 Å². The number of hydrogen-bond acceptors (Lipinski definition) is 5. The second-order valence-corrected chi connectivity index (χ2v) is 8.14. The van der Waals surface area contributed by atoms with Gasteiger partial charge in [-0.05, 0) is 61.5 Å². The number of nitrogens with one attached hydrogen (secondary N) is 1. The molecule has 0 bridgehead atoms. The first kappa shape index (κ1) is 23.3. The lowest BCUT2D eigenvalue weighted by Gasteiger charge is -2.06. The van der Waals surface area contributed by atoms with E-state index in [1.54, 1.807) is 44.4 Å². The first-order valence-electron chi connectivity index (χ1n) is 10.0. The van der Waals surface area contributed by atoms with Gasteiger partial charge in [0.25, 0.3) is 11.2 Å². The minimum Gasteiger partial charge on any atom is -0.497 e. The molecule has 0 saturated carbocycles. The van der Waals surface area contributed by atoms with E-state index >= 15 is 0 Å². The zero-order valence-electron chi connectivity index (χ0n) is 18.1. The molecule has 172 valence electrons. The van der Waals surface area contributed by atoms with Gasteiger partial charge in [-0.2, -0.15) is 0 Å². The number of rotatable bonds is 6. The van der Waals surface area contributed by atoms with Crippen molar-refractivity contribution >= 4 is 40.3 Å². The fourth-order valence-electron chi connectivity index (χ4n) is 3.45. The van der Waals surface area contributed by atoms with Crippen LogP contribution >= 0.6 is 23.2 Å². The van der Waals surface area contributed by atoms with Crippen LogP contribution in [-0.2, 0) is 0 Å². The molecule has 0 aliphatic rings. The number of nitrogens with zero attached hydrogens (tertiary/aromatic N) is 3. The summed E-state index contributed by atoms with van der Waals surface area (Å²) in [6.45, 7) is 1.70. The molecule has 1 N–H and O–H groups in total. The molecule has 34 heavy (non-hydrogen) atoms. The summed E-state index contributed by atoms with van der Waals surface area (Å²) in [6.07, 6.45) is 0. The molecule has 0 atom stereocenters. The second kappa shape index (κ2) is 9.54. The molecule has 1 aromatic heterocycles. The Morgan fingerprint density at radius 1 is 1.06 bits per heavy atom. The van der Waals surface area contributed by atoms with Crippen LogP contribution in [0.5, 0.6) is 5.75 Å². The third kappa shape index (κ3) is 4.59. The Hall–Kier alpha value is -3.88. The van der Waals surface area contributed by atoms with Crippen LogP contribution in [0, 0.1) is 10.1 Å². The Labute approximate surface area is 204 Å². The number of methoxy groups -OCH3 is 1. The molecule has 0 aliphatic carbocycles. The summed E-state index contributed by atoms with van der Waals surface area (Å²) >= 11 is 12.4. The number of aliphatic imine (C=N–C) groups is 1. The highest BCUT2D eigenvalue weighted by atomic mass is 35.5. The Morgan fingerprint density at radius 3 is 2.35 bits per heavy atom. The zero-order chi connectivity index (χ0) is 24.4. The number of nitro groups is 1. The molecule has 0 saturated heterocycles. The lowest BCUT2D eigenvalue weighted by atomic mass is 10.0. The second-order valence-electron chi connectivity index (χ2n) is 7.30. The minimum absolute atomic E-state index is 0.0766. The van der Waals surface area contributed by atoms with E-state index in [0.29, 0.717) is 44.1 Å². The van der Waals surface area contributed by atoms with Crippen molar-refractivity contribution in [2.75, 3.05) is 7.11 Å². The standard InChI is InChI=1S/C24H18Cl2N4O4/c1-14(27-21-13-16(25)5-12-20(21)26)22-23(15-3-10-19(34-2)11-4-15)28-29(24(22)31)17-6-8-18(9-7-17)30(32)33/h3-13,28H,1-2H3. The highest BCUT2D eigenvalue weighted by molar-refractivity contribution is 6.35. The maximum atomic E-state index is 13.5. The molecule has 10 heteroatoms. The van der Waals surface area contributed by atoms with E-state index in [1.165, 1.54) is 28.9 Å². The van der Waals surface area contributed by atoms with E-state index < -0.39 is 4.92 Å². The van der Waals surface area contributed by atoms with Crippen molar-refractivity contribution in [2.24, 2.45) is 4.99 Å². The quantitative estimate of drug-likeness (QED) is 0.195. The van der Waals surface area contributed by atoms with Gasteiger partial charge < -0.3 is 4.74 Å². The molecule has 0 amide bonds. The maximum Gasteiger partial charge on any atom is 0.280 e. The Kier molecular flexibility index (Phi) is 6.54. The number of ether oxygens (including phenoxy) is 1. The van der Waals surface area contributed by atoms with Gasteiger partial charge in [0.1, 0.15) is 5.75 Å². The fourth-order valence-corrected chi connectivity index (χ4v) is 3.78. The molecule has 3 aromatic carbocycles. The van der Waals surface area contributed by atoms with Crippen LogP contribution in [0.3, 0.4) is 0 Å². The van der Waals surface area contributed by atoms with E-state index in [1.807, 2.05) is 12.1 Å². The molecule has 0 radical (unpaired) electrons. The molecular formula is C24H18Cl2N4O4. The molecule has 4 rings (SSSR count). The third-order valence-corrected chi connectivity index (χ3v) is 5.70. The number of hydrogen-bond donors (Lipinski definition) is 1.